The maximum absolute atomic E-state index is 11.6. The van der Waals surface area contributed by atoms with E-state index in [-0.39, 0.29) is 6.61 Å². The molecule has 1 aliphatic rings. The Kier molecular flexibility index (Phi) is 5.71. The largest absolute Gasteiger partial charge is 0.479 e. The van der Waals surface area contributed by atoms with E-state index < -0.39 is 12.1 Å². The first kappa shape index (κ1) is 17.9. The fourth-order valence-corrected chi connectivity index (χ4v) is 4.11. The second kappa shape index (κ2) is 7.97. The van der Waals surface area contributed by atoms with Gasteiger partial charge in [0.15, 0.2) is 0 Å². The normalized spacial score (nSPS) is 15.8. The standard InChI is InChI=1S/C17H17ClN2O4S/c18-12-5-4-6-13-14(12)19-16(25-13)15(17(22)23)24-10-11(9-21)20-7-2-1-3-8-20/h4-6,15H,1-3,7-8,10H2,(H,22,23). The van der Waals surface area contributed by atoms with Crippen LogP contribution in [0.15, 0.2) is 23.9 Å². The fourth-order valence-electron chi connectivity index (χ4n) is 2.80. The first-order valence-electron chi connectivity index (χ1n) is 7.98. The van der Waals surface area contributed by atoms with Gasteiger partial charge in [-0.1, -0.05) is 17.7 Å². The van der Waals surface area contributed by atoms with E-state index >= 15 is 0 Å². The fraction of sp³-hybridized carbons (Fsp3) is 0.412. The molecule has 6 nitrogen and oxygen atoms in total. The third-order valence-corrected chi connectivity index (χ3v) is 5.45. The minimum Gasteiger partial charge on any atom is -0.479 e. The molecule has 0 spiro atoms. The molecule has 0 bridgehead atoms. The van der Waals surface area contributed by atoms with E-state index in [1.165, 1.54) is 11.3 Å². The van der Waals surface area contributed by atoms with Gasteiger partial charge in [-0.15, -0.1) is 11.3 Å². The summed E-state index contributed by atoms with van der Waals surface area (Å²) in [6, 6.07) is 5.31. The number of piperidine rings is 1. The second-order valence-corrected chi connectivity index (χ2v) is 7.23. The van der Waals surface area contributed by atoms with Crippen molar-refractivity contribution < 1.29 is 19.4 Å². The second-order valence-electron chi connectivity index (χ2n) is 5.76. The van der Waals surface area contributed by atoms with Crippen molar-refractivity contribution in [2.75, 3.05) is 19.7 Å². The summed E-state index contributed by atoms with van der Waals surface area (Å²) in [5, 5.41) is 10.3. The van der Waals surface area contributed by atoms with Gasteiger partial charge in [0.1, 0.15) is 22.2 Å². The van der Waals surface area contributed by atoms with Gasteiger partial charge in [0.2, 0.25) is 6.10 Å². The lowest BCUT2D eigenvalue weighted by atomic mass is 10.1. The molecule has 1 atom stereocenters. The van der Waals surface area contributed by atoms with Crippen LogP contribution in [-0.4, -0.2) is 46.6 Å². The average molecular weight is 381 g/mol. The first-order chi connectivity index (χ1) is 12.1. The van der Waals surface area contributed by atoms with Crippen LogP contribution < -0.4 is 0 Å². The zero-order chi connectivity index (χ0) is 17.8. The summed E-state index contributed by atoms with van der Waals surface area (Å²) in [5.41, 5.74) is 0.909. The number of carbonyl (C=O) groups excluding carboxylic acids is 1. The summed E-state index contributed by atoms with van der Waals surface area (Å²) in [4.78, 5) is 29.1. The van der Waals surface area contributed by atoms with Crippen LogP contribution in [0.1, 0.15) is 30.4 Å². The molecular weight excluding hydrogens is 364 g/mol. The summed E-state index contributed by atoms with van der Waals surface area (Å²) < 4.78 is 6.32. The molecule has 0 saturated carbocycles. The number of hydrogen-bond donors (Lipinski definition) is 1. The molecule has 2 heterocycles. The van der Waals surface area contributed by atoms with Gasteiger partial charge < -0.3 is 14.7 Å². The van der Waals surface area contributed by atoms with E-state index in [9.17, 15) is 14.7 Å². The molecular formula is C17H17ClN2O4S. The third-order valence-electron chi connectivity index (χ3n) is 4.08. The smallest absolute Gasteiger partial charge is 0.340 e. The molecule has 25 heavy (non-hydrogen) atoms. The number of halogens is 1. The molecule has 132 valence electrons. The average Bonchev–Trinajstić information content (AvgIpc) is 3.04. The maximum atomic E-state index is 11.6. The van der Waals surface area contributed by atoms with E-state index in [2.05, 4.69) is 4.98 Å². The number of benzene rings is 1. The highest BCUT2D eigenvalue weighted by atomic mass is 35.5. The lowest BCUT2D eigenvalue weighted by Crippen LogP contribution is -2.32. The van der Waals surface area contributed by atoms with Gasteiger partial charge >= 0.3 is 5.97 Å². The Morgan fingerprint density at radius 2 is 2.16 bits per heavy atom. The number of hydrogen-bond acceptors (Lipinski definition) is 6. The maximum Gasteiger partial charge on any atom is 0.340 e. The number of aliphatic carboxylic acids is 1. The monoisotopic (exact) mass is 380 g/mol. The molecule has 0 amide bonds. The molecule has 1 fully saturated rings. The van der Waals surface area contributed by atoms with E-state index in [1.807, 2.05) is 16.9 Å². The van der Waals surface area contributed by atoms with Gasteiger partial charge in [-0.05, 0) is 31.4 Å². The van der Waals surface area contributed by atoms with Crippen molar-refractivity contribution in [3.63, 3.8) is 0 Å². The molecule has 1 N–H and O–H groups in total. The van der Waals surface area contributed by atoms with Crippen LogP contribution in [0.4, 0.5) is 0 Å². The number of carboxylic acid groups (broad SMARTS) is 1. The molecule has 2 aromatic rings. The topological polar surface area (TPSA) is 79.7 Å². The molecule has 1 unspecified atom stereocenters. The van der Waals surface area contributed by atoms with Crippen molar-refractivity contribution in [3.05, 3.63) is 33.9 Å². The van der Waals surface area contributed by atoms with Crippen LogP contribution in [0.2, 0.25) is 5.02 Å². The Morgan fingerprint density at radius 1 is 1.40 bits per heavy atom. The number of fused-ring (bicyclic) bond motifs is 1. The SMILES string of the molecule is O=C=C(COC(C(=O)O)c1nc2c(Cl)cccc2s1)N1CCCCC1. The van der Waals surface area contributed by atoms with Crippen molar-refractivity contribution >= 4 is 45.1 Å². The van der Waals surface area contributed by atoms with E-state index in [0.29, 0.717) is 21.2 Å². The lowest BCUT2D eigenvalue weighted by Gasteiger charge is -2.29. The van der Waals surface area contributed by atoms with Gasteiger partial charge in [0.05, 0.1) is 16.3 Å². The van der Waals surface area contributed by atoms with Gasteiger partial charge in [-0.2, -0.15) is 0 Å². The van der Waals surface area contributed by atoms with Crippen molar-refractivity contribution in [2.45, 2.75) is 25.4 Å². The summed E-state index contributed by atoms with van der Waals surface area (Å²) >= 11 is 7.32. The molecule has 3 rings (SSSR count). The summed E-state index contributed by atoms with van der Waals surface area (Å²) in [5.74, 6) is 0.736. The van der Waals surface area contributed by atoms with E-state index in [1.54, 1.807) is 12.1 Å². The predicted octanol–water partition coefficient (Wildman–Crippen LogP) is 3.29. The quantitative estimate of drug-likeness (QED) is 0.774. The van der Waals surface area contributed by atoms with Crippen molar-refractivity contribution in [1.29, 1.82) is 0 Å². The summed E-state index contributed by atoms with van der Waals surface area (Å²) in [7, 11) is 0. The van der Waals surface area contributed by atoms with Crippen LogP contribution in [0.25, 0.3) is 10.2 Å². The Bertz CT molecular complexity index is 825. The Hall–Kier alpha value is -1.92. The zero-order valence-electron chi connectivity index (χ0n) is 13.4. The highest BCUT2D eigenvalue weighted by Crippen LogP contribution is 2.32. The molecule has 0 radical (unpaired) electrons. The number of thiazole rings is 1. The Balaban J connectivity index is 1.77. The van der Waals surface area contributed by atoms with E-state index in [0.717, 1.165) is 37.1 Å². The minimum absolute atomic E-state index is 0.107. The number of ether oxygens (including phenoxy) is 1. The van der Waals surface area contributed by atoms with Gasteiger partial charge in [-0.25, -0.2) is 14.6 Å². The molecule has 8 heteroatoms. The van der Waals surface area contributed by atoms with Gasteiger partial charge in [0.25, 0.3) is 0 Å². The number of likely N-dealkylation sites (tertiary alicyclic amines) is 1. The van der Waals surface area contributed by atoms with Gasteiger partial charge in [0, 0.05) is 13.1 Å². The van der Waals surface area contributed by atoms with Crippen LogP contribution in [0.5, 0.6) is 0 Å². The van der Waals surface area contributed by atoms with Crippen LogP contribution in [0, 0.1) is 0 Å². The van der Waals surface area contributed by atoms with Crippen LogP contribution in [0.3, 0.4) is 0 Å². The number of carboxylic acids is 1. The number of para-hydroxylation sites is 1. The number of rotatable bonds is 6. The van der Waals surface area contributed by atoms with Gasteiger partial charge in [-0.3, -0.25) is 0 Å². The summed E-state index contributed by atoms with van der Waals surface area (Å²) in [6.07, 6.45) is 1.89. The molecule has 1 saturated heterocycles. The van der Waals surface area contributed by atoms with E-state index in [4.69, 9.17) is 16.3 Å². The highest BCUT2D eigenvalue weighted by Gasteiger charge is 2.27. The van der Waals surface area contributed by atoms with Crippen molar-refractivity contribution in [2.24, 2.45) is 0 Å². The molecule has 1 aliphatic heterocycles. The Labute approximate surface area is 153 Å². The number of nitrogens with zero attached hydrogens (tertiary/aromatic N) is 2. The zero-order valence-corrected chi connectivity index (χ0v) is 15.0. The van der Waals surface area contributed by atoms with Crippen LogP contribution >= 0.6 is 22.9 Å². The first-order valence-corrected chi connectivity index (χ1v) is 9.18. The third kappa shape index (κ3) is 4.02. The minimum atomic E-state index is -1.25. The number of carbonyl (C=O) groups is 1. The molecule has 0 aliphatic carbocycles. The number of aromatic nitrogens is 1. The molecule has 1 aromatic heterocycles. The lowest BCUT2D eigenvalue weighted by molar-refractivity contribution is -0.150. The highest BCUT2D eigenvalue weighted by molar-refractivity contribution is 7.18. The molecule has 1 aromatic carbocycles. The van der Waals surface area contributed by atoms with Crippen molar-refractivity contribution in [3.8, 4) is 0 Å². The summed E-state index contributed by atoms with van der Waals surface area (Å²) in [6.45, 7) is 1.43. The predicted molar refractivity (Wildman–Crippen MR) is 95.6 cm³/mol. The van der Waals surface area contributed by atoms with Crippen LogP contribution in [-0.2, 0) is 14.3 Å². The Morgan fingerprint density at radius 3 is 2.80 bits per heavy atom. The van der Waals surface area contributed by atoms with Crippen molar-refractivity contribution in [1.82, 2.24) is 9.88 Å².